The predicted molar refractivity (Wildman–Crippen MR) is 135 cm³/mol. The van der Waals surface area contributed by atoms with E-state index in [1.807, 2.05) is 0 Å². The Labute approximate surface area is 210 Å². The second-order valence-electron chi connectivity index (χ2n) is 8.39. The summed E-state index contributed by atoms with van der Waals surface area (Å²) in [7, 11) is 0. The molecule has 7 nitrogen and oxygen atoms in total. The SMILES string of the molecule is CCCCN(CCCC)CCCNC(=O)c1ccc(NC(=O)Nc2ccc(OC(F)(F)F)cc2)cc1. The van der Waals surface area contributed by atoms with Gasteiger partial charge in [0.15, 0.2) is 0 Å². The monoisotopic (exact) mass is 508 g/mol. The topological polar surface area (TPSA) is 82.7 Å². The van der Waals surface area contributed by atoms with E-state index in [2.05, 4.69) is 39.4 Å². The van der Waals surface area contributed by atoms with E-state index in [0.717, 1.165) is 38.2 Å². The van der Waals surface area contributed by atoms with Crippen molar-refractivity contribution in [2.75, 3.05) is 36.8 Å². The number of nitrogens with one attached hydrogen (secondary N) is 3. The van der Waals surface area contributed by atoms with Crippen LogP contribution in [0.4, 0.5) is 29.3 Å². The smallest absolute Gasteiger partial charge is 0.406 e. The van der Waals surface area contributed by atoms with Crippen molar-refractivity contribution in [3.8, 4) is 5.75 Å². The summed E-state index contributed by atoms with van der Waals surface area (Å²) >= 11 is 0. The molecule has 0 saturated carbocycles. The van der Waals surface area contributed by atoms with Gasteiger partial charge in [0, 0.05) is 23.5 Å². The standard InChI is InChI=1S/C26H35F3N4O3/c1-3-5-17-33(18-6-4-2)19-7-16-30-24(34)20-8-10-21(11-9-20)31-25(35)32-22-12-14-23(15-13-22)36-26(27,28)29/h8-15H,3-7,16-19H2,1-2H3,(H,30,34)(H2,31,32,35). The highest BCUT2D eigenvalue weighted by atomic mass is 19.4. The second kappa shape index (κ2) is 15.0. The second-order valence-corrected chi connectivity index (χ2v) is 8.39. The third kappa shape index (κ3) is 11.4. The average molecular weight is 509 g/mol. The Morgan fingerprint density at radius 1 is 0.806 bits per heavy atom. The molecule has 198 valence electrons. The molecule has 3 N–H and O–H groups in total. The first-order chi connectivity index (χ1) is 17.2. The van der Waals surface area contributed by atoms with Gasteiger partial charge in [0.05, 0.1) is 0 Å². The molecule has 10 heteroatoms. The first-order valence-electron chi connectivity index (χ1n) is 12.2. The van der Waals surface area contributed by atoms with Gasteiger partial charge in [0.1, 0.15) is 5.75 Å². The van der Waals surface area contributed by atoms with Gasteiger partial charge in [-0.1, -0.05) is 26.7 Å². The minimum absolute atomic E-state index is 0.180. The highest BCUT2D eigenvalue weighted by Crippen LogP contribution is 2.24. The third-order valence-corrected chi connectivity index (χ3v) is 5.34. The van der Waals surface area contributed by atoms with Crippen molar-refractivity contribution < 1.29 is 27.5 Å². The zero-order valence-corrected chi connectivity index (χ0v) is 20.8. The first-order valence-corrected chi connectivity index (χ1v) is 12.2. The molecule has 36 heavy (non-hydrogen) atoms. The van der Waals surface area contributed by atoms with Gasteiger partial charge in [-0.2, -0.15) is 0 Å². The number of anilines is 2. The van der Waals surface area contributed by atoms with Gasteiger partial charge < -0.3 is 25.6 Å². The fraction of sp³-hybridized carbons (Fsp3) is 0.462. The lowest BCUT2D eigenvalue weighted by Gasteiger charge is -2.21. The molecule has 0 aliphatic heterocycles. The summed E-state index contributed by atoms with van der Waals surface area (Å²) in [5.74, 6) is -0.562. The zero-order chi connectivity index (χ0) is 26.4. The van der Waals surface area contributed by atoms with Crippen LogP contribution in [0.1, 0.15) is 56.3 Å². The highest BCUT2D eigenvalue weighted by molar-refractivity contribution is 6.00. The Kier molecular flexibility index (Phi) is 12.0. The van der Waals surface area contributed by atoms with Crippen molar-refractivity contribution in [2.24, 2.45) is 0 Å². The molecule has 2 aromatic rings. The van der Waals surface area contributed by atoms with E-state index in [1.165, 1.54) is 37.8 Å². The molecule has 0 aromatic heterocycles. The van der Waals surface area contributed by atoms with Crippen molar-refractivity contribution in [2.45, 2.75) is 52.3 Å². The van der Waals surface area contributed by atoms with E-state index in [1.54, 1.807) is 24.3 Å². The molecule has 0 unspecified atom stereocenters. The summed E-state index contributed by atoms with van der Waals surface area (Å²) in [4.78, 5) is 27.0. The Morgan fingerprint density at radius 3 is 1.81 bits per heavy atom. The number of carbonyl (C=O) groups excluding carboxylic acids is 2. The number of nitrogens with zero attached hydrogens (tertiary/aromatic N) is 1. The number of benzene rings is 2. The number of halogens is 3. The largest absolute Gasteiger partial charge is 0.573 e. The van der Waals surface area contributed by atoms with Crippen LogP contribution in [0, 0.1) is 0 Å². The molecule has 0 saturated heterocycles. The minimum Gasteiger partial charge on any atom is -0.406 e. The first kappa shape index (κ1) is 29.0. The van der Waals surface area contributed by atoms with E-state index in [9.17, 15) is 22.8 Å². The van der Waals surface area contributed by atoms with Crippen LogP contribution in [0.25, 0.3) is 0 Å². The molecule has 0 radical (unpaired) electrons. The van der Waals surface area contributed by atoms with E-state index in [0.29, 0.717) is 23.5 Å². The van der Waals surface area contributed by atoms with Crippen molar-refractivity contribution in [1.29, 1.82) is 0 Å². The van der Waals surface area contributed by atoms with Crippen molar-refractivity contribution in [3.05, 3.63) is 54.1 Å². The van der Waals surface area contributed by atoms with Crippen LogP contribution in [0.15, 0.2) is 48.5 Å². The van der Waals surface area contributed by atoms with E-state index in [-0.39, 0.29) is 11.7 Å². The van der Waals surface area contributed by atoms with E-state index in [4.69, 9.17) is 0 Å². The van der Waals surface area contributed by atoms with Gasteiger partial charge in [0.2, 0.25) is 0 Å². The Morgan fingerprint density at radius 2 is 1.31 bits per heavy atom. The summed E-state index contributed by atoms with van der Waals surface area (Å²) < 4.78 is 40.5. The number of hydrogen-bond acceptors (Lipinski definition) is 4. The zero-order valence-electron chi connectivity index (χ0n) is 20.8. The number of alkyl halides is 3. The molecule has 0 fully saturated rings. The van der Waals surface area contributed by atoms with Crippen LogP contribution in [-0.2, 0) is 0 Å². The van der Waals surface area contributed by atoms with Crippen LogP contribution in [0.3, 0.4) is 0 Å². The molecule has 3 amide bonds. The summed E-state index contributed by atoms with van der Waals surface area (Å²) in [5, 5.41) is 8.06. The summed E-state index contributed by atoms with van der Waals surface area (Å²) in [6.45, 7) is 8.09. The van der Waals surface area contributed by atoms with Gasteiger partial charge >= 0.3 is 12.4 Å². The van der Waals surface area contributed by atoms with Gasteiger partial charge in [-0.3, -0.25) is 4.79 Å². The summed E-state index contributed by atoms with van der Waals surface area (Å²) in [6.07, 6.45) is 0.788. The average Bonchev–Trinajstić information content (AvgIpc) is 2.83. The van der Waals surface area contributed by atoms with Crippen LogP contribution in [0.2, 0.25) is 0 Å². The highest BCUT2D eigenvalue weighted by Gasteiger charge is 2.30. The number of rotatable bonds is 14. The molecular weight excluding hydrogens is 473 g/mol. The maximum Gasteiger partial charge on any atom is 0.573 e. The summed E-state index contributed by atoms with van der Waals surface area (Å²) in [6, 6.07) is 10.6. The van der Waals surface area contributed by atoms with Crippen LogP contribution in [0.5, 0.6) is 5.75 Å². The molecule has 0 bridgehead atoms. The summed E-state index contributed by atoms with van der Waals surface area (Å²) in [5.41, 5.74) is 1.24. The maximum atomic E-state index is 12.4. The molecule has 2 rings (SSSR count). The molecule has 0 heterocycles. The van der Waals surface area contributed by atoms with Crippen LogP contribution in [-0.4, -0.2) is 49.4 Å². The molecule has 0 aliphatic carbocycles. The normalized spacial score (nSPS) is 11.3. The molecule has 2 aromatic carbocycles. The number of unbranched alkanes of at least 4 members (excludes halogenated alkanes) is 2. The minimum atomic E-state index is -4.78. The predicted octanol–water partition coefficient (Wildman–Crippen LogP) is 6.25. The lowest BCUT2D eigenvalue weighted by Crippen LogP contribution is -2.31. The molecule has 0 aliphatic rings. The van der Waals surface area contributed by atoms with E-state index < -0.39 is 12.4 Å². The number of ether oxygens (including phenoxy) is 1. The Hall–Kier alpha value is -3.27. The maximum absolute atomic E-state index is 12.4. The molecular formula is C26H35F3N4O3. The number of hydrogen-bond donors (Lipinski definition) is 3. The number of amides is 3. The van der Waals surface area contributed by atoms with Crippen molar-refractivity contribution in [1.82, 2.24) is 10.2 Å². The Balaban J connectivity index is 1.75. The van der Waals surface area contributed by atoms with Gasteiger partial charge in [0.25, 0.3) is 5.91 Å². The quantitative estimate of drug-likeness (QED) is 0.263. The molecule has 0 atom stereocenters. The van der Waals surface area contributed by atoms with Gasteiger partial charge in [-0.15, -0.1) is 13.2 Å². The number of urea groups is 1. The van der Waals surface area contributed by atoms with Gasteiger partial charge in [-0.25, -0.2) is 4.79 Å². The fourth-order valence-electron chi connectivity index (χ4n) is 3.44. The van der Waals surface area contributed by atoms with Crippen molar-refractivity contribution in [3.63, 3.8) is 0 Å². The fourth-order valence-corrected chi connectivity index (χ4v) is 3.44. The van der Waals surface area contributed by atoms with E-state index >= 15 is 0 Å². The Bertz CT molecular complexity index is 927. The number of carbonyl (C=O) groups is 2. The molecule has 0 spiro atoms. The van der Waals surface area contributed by atoms with Crippen molar-refractivity contribution >= 4 is 23.3 Å². The van der Waals surface area contributed by atoms with Gasteiger partial charge in [-0.05, 0) is 87.4 Å². The van der Waals surface area contributed by atoms with Crippen LogP contribution < -0.4 is 20.7 Å². The van der Waals surface area contributed by atoms with Crippen LogP contribution >= 0.6 is 0 Å². The third-order valence-electron chi connectivity index (χ3n) is 5.34. The lowest BCUT2D eigenvalue weighted by molar-refractivity contribution is -0.274. The lowest BCUT2D eigenvalue weighted by atomic mass is 10.2.